The number of benzene rings is 3. The molecule has 5 rings (SSSR count). The SMILES string of the molecule is Cc1ccc(-c2c(C(OC(C)(C)C)C(=O)O)c(C)cc3nc(-c4cccc(-c5ccc(F)cc5)c4)cn23)cc1. The molecule has 0 aliphatic heterocycles. The summed E-state index contributed by atoms with van der Waals surface area (Å²) in [5.74, 6) is -1.33. The number of hydrogen-bond acceptors (Lipinski definition) is 3. The number of imidazole rings is 1. The van der Waals surface area contributed by atoms with Crippen LogP contribution in [-0.4, -0.2) is 26.1 Å². The fourth-order valence-corrected chi connectivity index (χ4v) is 4.83. The van der Waals surface area contributed by atoms with Crippen molar-refractivity contribution in [1.29, 1.82) is 0 Å². The maximum Gasteiger partial charge on any atom is 0.337 e. The molecule has 0 aliphatic carbocycles. The van der Waals surface area contributed by atoms with E-state index >= 15 is 0 Å². The van der Waals surface area contributed by atoms with Crippen LogP contribution in [0.5, 0.6) is 0 Å². The van der Waals surface area contributed by atoms with Crippen LogP contribution in [0.2, 0.25) is 0 Å². The molecule has 5 aromatic rings. The number of carbonyl (C=O) groups is 1. The van der Waals surface area contributed by atoms with Crippen LogP contribution in [0.4, 0.5) is 4.39 Å². The highest BCUT2D eigenvalue weighted by Gasteiger charge is 2.32. The predicted octanol–water partition coefficient (Wildman–Crippen LogP) is 8.03. The van der Waals surface area contributed by atoms with Gasteiger partial charge in [-0.25, -0.2) is 14.2 Å². The van der Waals surface area contributed by atoms with E-state index in [1.54, 1.807) is 12.1 Å². The lowest BCUT2D eigenvalue weighted by atomic mass is 9.95. The first kappa shape index (κ1) is 26.3. The maximum absolute atomic E-state index is 13.5. The van der Waals surface area contributed by atoms with Crippen LogP contribution in [0.1, 0.15) is 43.6 Å². The predicted molar refractivity (Wildman–Crippen MR) is 152 cm³/mol. The van der Waals surface area contributed by atoms with Crippen molar-refractivity contribution in [1.82, 2.24) is 9.38 Å². The van der Waals surface area contributed by atoms with Crippen molar-refractivity contribution in [3.8, 4) is 33.6 Å². The highest BCUT2D eigenvalue weighted by Crippen LogP contribution is 2.37. The Labute approximate surface area is 227 Å². The quantitative estimate of drug-likeness (QED) is 0.245. The lowest BCUT2D eigenvalue weighted by Gasteiger charge is -2.28. The normalized spacial score (nSPS) is 12.6. The average molecular weight is 523 g/mol. The van der Waals surface area contributed by atoms with E-state index in [0.29, 0.717) is 11.2 Å². The van der Waals surface area contributed by atoms with Gasteiger partial charge in [0.1, 0.15) is 11.5 Å². The van der Waals surface area contributed by atoms with Crippen molar-refractivity contribution in [3.05, 3.63) is 108 Å². The van der Waals surface area contributed by atoms with Gasteiger partial charge in [0.2, 0.25) is 0 Å². The van der Waals surface area contributed by atoms with Crippen LogP contribution in [-0.2, 0) is 9.53 Å². The van der Waals surface area contributed by atoms with Crippen LogP contribution in [0, 0.1) is 19.7 Å². The van der Waals surface area contributed by atoms with Gasteiger partial charge in [-0.3, -0.25) is 4.40 Å². The molecular formula is C33H31FN2O3. The number of halogens is 1. The van der Waals surface area contributed by atoms with Gasteiger partial charge in [0, 0.05) is 17.3 Å². The van der Waals surface area contributed by atoms with Crippen LogP contribution >= 0.6 is 0 Å². The molecule has 0 saturated heterocycles. The van der Waals surface area contributed by atoms with Crippen molar-refractivity contribution in [2.24, 2.45) is 0 Å². The lowest BCUT2D eigenvalue weighted by Crippen LogP contribution is -2.28. The standard InChI is InChI=1S/C33H31FN2O3/c1-20-9-11-23(12-10-20)30-29(31(32(37)38)39-33(3,4)5)21(2)17-28-35-27(19-36(28)30)25-8-6-7-24(18-25)22-13-15-26(34)16-14-22/h6-19,31H,1-5H3,(H,37,38). The molecule has 6 heteroatoms. The number of aryl methyl sites for hydroxylation is 2. The number of ether oxygens (including phenoxy) is 1. The molecule has 1 atom stereocenters. The summed E-state index contributed by atoms with van der Waals surface area (Å²) < 4.78 is 21.5. The fraction of sp³-hybridized carbons (Fsp3) is 0.212. The number of carboxylic acids is 1. The topological polar surface area (TPSA) is 63.8 Å². The van der Waals surface area contributed by atoms with Gasteiger partial charge in [0.25, 0.3) is 0 Å². The van der Waals surface area contributed by atoms with Gasteiger partial charge in [0.05, 0.1) is 17.0 Å². The smallest absolute Gasteiger partial charge is 0.337 e. The highest BCUT2D eigenvalue weighted by atomic mass is 19.1. The molecule has 0 bridgehead atoms. The summed E-state index contributed by atoms with van der Waals surface area (Å²) in [6.07, 6.45) is 0.770. The van der Waals surface area contributed by atoms with Crippen molar-refractivity contribution in [2.45, 2.75) is 46.3 Å². The zero-order valence-corrected chi connectivity index (χ0v) is 22.7. The van der Waals surface area contributed by atoms with Gasteiger partial charge < -0.3 is 9.84 Å². The summed E-state index contributed by atoms with van der Waals surface area (Å²) in [6.45, 7) is 9.48. The molecule has 0 spiro atoms. The molecule has 2 heterocycles. The van der Waals surface area contributed by atoms with Gasteiger partial charge >= 0.3 is 5.97 Å². The van der Waals surface area contributed by atoms with Gasteiger partial charge in [-0.05, 0) is 81.1 Å². The number of fused-ring (bicyclic) bond motifs is 1. The monoisotopic (exact) mass is 522 g/mol. The Kier molecular flexibility index (Phi) is 6.83. The summed E-state index contributed by atoms with van der Waals surface area (Å²) in [5, 5.41) is 10.3. The van der Waals surface area contributed by atoms with Crippen LogP contribution < -0.4 is 0 Å². The van der Waals surface area contributed by atoms with Crippen molar-refractivity contribution in [2.75, 3.05) is 0 Å². The van der Waals surface area contributed by atoms with E-state index in [2.05, 4.69) is 0 Å². The van der Waals surface area contributed by atoms with Gasteiger partial charge in [-0.1, -0.05) is 60.2 Å². The third-order valence-electron chi connectivity index (χ3n) is 6.62. The minimum Gasteiger partial charge on any atom is -0.479 e. The molecule has 198 valence electrons. The Bertz CT molecular complexity index is 1660. The Hall–Kier alpha value is -4.29. The Morgan fingerprint density at radius 2 is 1.54 bits per heavy atom. The molecule has 1 unspecified atom stereocenters. The molecule has 0 aliphatic rings. The Morgan fingerprint density at radius 3 is 2.18 bits per heavy atom. The van der Waals surface area contributed by atoms with Gasteiger partial charge in [-0.15, -0.1) is 0 Å². The summed E-state index contributed by atoms with van der Waals surface area (Å²) in [4.78, 5) is 17.5. The number of aromatic nitrogens is 2. The number of carboxylic acid groups (broad SMARTS) is 1. The molecule has 0 amide bonds. The number of aliphatic carboxylic acids is 1. The van der Waals surface area contributed by atoms with Gasteiger partial charge in [-0.2, -0.15) is 0 Å². The minimum absolute atomic E-state index is 0.278. The molecule has 5 nitrogen and oxygen atoms in total. The lowest BCUT2D eigenvalue weighted by molar-refractivity contribution is -0.160. The van der Waals surface area contributed by atoms with Crippen molar-refractivity contribution in [3.63, 3.8) is 0 Å². The summed E-state index contributed by atoms with van der Waals surface area (Å²) >= 11 is 0. The number of nitrogens with zero attached hydrogens (tertiary/aromatic N) is 2. The van der Waals surface area contributed by atoms with Gasteiger partial charge in [0.15, 0.2) is 6.10 Å². The highest BCUT2D eigenvalue weighted by molar-refractivity contribution is 5.82. The number of pyridine rings is 1. The fourth-order valence-electron chi connectivity index (χ4n) is 4.83. The van der Waals surface area contributed by atoms with E-state index in [1.807, 2.05) is 99.8 Å². The van der Waals surface area contributed by atoms with E-state index in [-0.39, 0.29) is 5.82 Å². The average Bonchev–Trinajstić information content (AvgIpc) is 3.31. The second-order valence-corrected chi connectivity index (χ2v) is 10.8. The van der Waals surface area contributed by atoms with Crippen LogP contribution in [0.25, 0.3) is 39.3 Å². The molecular weight excluding hydrogens is 491 g/mol. The zero-order valence-electron chi connectivity index (χ0n) is 22.7. The first-order valence-corrected chi connectivity index (χ1v) is 12.9. The largest absolute Gasteiger partial charge is 0.479 e. The maximum atomic E-state index is 13.5. The molecule has 3 aromatic carbocycles. The third kappa shape index (κ3) is 5.47. The molecule has 2 aromatic heterocycles. The second kappa shape index (κ2) is 10.1. The molecule has 0 radical (unpaired) electrons. The van der Waals surface area contributed by atoms with Crippen LogP contribution in [0.3, 0.4) is 0 Å². The summed E-state index contributed by atoms with van der Waals surface area (Å²) in [5.41, 5.74) is 7.62. The summed E-state index contributed by atoms with van der Waals surface area (Å²) in [6, 6.07) is 24.3. The first-order chi connectivity index (χ1) is 18.5. The number of hydrogen-bond donors (Lipinski definition) is 1. The minimum atomic E-state index is -1.17. The van der Waals surface area contributed by atoms with E-state index in [0.717, 1.165) is 44.8 Å². The first-order valence-electron chi connectivity index (χ1n) is 12.9. The molecule has 0 fully saturated rings. The van der Waals surface area contributed by atoms with E-state index in [1.165, 1.54) is 12.1 Å². The molecule has 1 N–H and O–H groups in total. The van der Waals surface area contributed by atoms with E-state index < -0.39 is 17.7 Å². The van der Waals surface area contributed by atoms with E-state index in [9.17, 15) is 14.3 Å². The molecule has 39 heavy (non-hydrogen) atoms. The third-order valence-corrected chi connectivity index (χ3v) is 6.62. The second-order valence-electron chi connectivity index (χ2n) is 10.8. The number of rotatable bonds is 6. The van der Waals surface area contributed by atoms with Crippen molar-refractivity contribution >= 4 is 11.6 Å². The Balaban J connectivity index is 1.73. The van der Waals surface area contributed by atoms with Crippen molar-refractivity contribution < 1.29 is 19.0 Å². The summed E-state index contributed by atoms with van der Waals surface area (Å²) in [7, 11) is 0. The Morgan fingerprint density at radius 1 is 0.897 bits per heavy atom. The van der Waals surface area contributed by atoms with E-state index in [4.69, 9.17) is 9.72 Å². The van der Waals surface area contributed by atoms with Crippen LogP contribution in [0.15, 0.2) is 85.1 Å². The zero-order chi connectivity index (χ0) is 27.9. The molecule has 0 saturated carbocycles.